The molecule has 0 saturated heterocycles. The van der Waals surface area contributed by atoms with Crippen molar-refractivity contribution in [2.75, 3.05) is 7.11 Å². The summed E-state index contributed by atoms with van der Waals surface area (Å²) in [6, 6.07) is 6.26. The lowest BCUT2D eigenvalue weighted by atomic mass is 9.97. The molecule has 0 fully saturated rings. The monoisotopic (exact) mass is 204 g/mol. The van der Waals surface area contributed by atoms with Crippen LogP contribution in [0.4, 0.5) is 0 Å². The van der Waals surface area contributed by atoms with Crippen molar-refractivity contribution in [3.63, 3.8) is 0 Å². The Morgan fingerprint density at radius 1 is 1.40 bits per heavy atom. The highest BCUT2D eigenvalue weighted by atomic mass is 16.5. The maximum absolute atomic E-state index is 5.48. The molecule has 82 valence electrons. The Kier molecular flexibility index (Phi) is 3.96. The lowest BCUT2D eigenvalue weighted by Crippen LogP contribution is -2.00. The van der Waals surface area contributed by atoms with Gasteiger partial charge >= 0.3 is 0 Å². The van der Waals surface area contributed by atoms with Crippen molar-refractivity contribution in [3.8, 4) is 5.75 Å². The third kappa shape index (κ3) is 2.85. The number of benzene rings is 1. The first-order valence-corrected chi connectivity index (χ1v) is 5.38. The first-order valence-electron chi connectivity index (χ1n) is 5.38. The van der Waals surface area contributed by atoms with E-state index in [-0.39, 0.29) is 0 Å². The van der Waals surface area contributed by atoms with Crippen LogP contribution in [-0.4, -0.2) is 7.11 Å². The molecule has 0 spiro atoms. The normalized spacial score (nSPS) is 10.5. The Labute approximate surface area is 92.8 Å². The SMILES string of the molecule is C=C(C)c1cccc(CC(C)C)c1OC. The quantitative estimate of drug-likeness (QED) is 0.722. The smallest absolute Gasteiger partial charge is 0.129 e. The van der Waals surface area contributed by atoms with E-state index in [0.717, 1.165) is 23.3 Å². The van der Waals surface area contributed by atoms with E-state index in [0.29, 0.717) is 5.92 Å². The fourth-order valence-corrected chi connectivity index (χ4v) is 1.76. The number of hydrogen-bond acceptors (Lipinski definition) is 1. The molecule has 0 aliphatic carbocycles. The number of rotatable bonds is 4. The van der Waals surface area contributed by atoms with E-state index in [4.69, 9.17) is 4.74 Å². The molecule has 0 saturated carbocycles. The van der Waals surface area contributed by atoms with Gasteiger partial charge < -0.3 is 4.74 Å². The van der Waals surface area contributed by atoms with Gasteiger partial charge in [-0.3, -0.25) is 0 Å². The Balaban J connectivity index is 3.16. The molecular formula is C14H20O. The minimum absolute atomic E-state index is 0.638. The summed E-state index contributed by atoms with van der Waals surface area (Å²) in [5.74, 6) is 1.62. The largest absolute Gasteiger partial charge is 0.496 e. The zero-order valence-corrected chi connectivity index (χ0v) is 10.1. The number of hydrogen-bond donors (Lipinski definition) is 0. The van der Waals surface area contributed by atoms with Gasteiger partial charge in [0.25, 0.3) is 0 Å². The van der Waals surface area contributed by atoms with Gasteiger partial charge in [0.1, 0.15) is 5.75 Å². The topological polar surface area (TPSA) is 9.23 Å². The maximum atomic E-state index is 5.48. The van der Waals surface area contributed by atoms with Gasteiger partial charge in [0.05, 0.1) is 7.11 Å². The van der Waals surface area contributed by atoms with Crippen LogP contribution < -0.4 is 4.74 Å². The van der Waals surface area contributed by atoms with E-state index < -0.39 is 0 Å². The van der Waals surface area contributed by atoms with E-state index in [1.54, 1.807) is 7.11 Å². The van der Waals surface area contributed by atoms with E-state index >= 15 is 0 Å². The summed E-state index contributed by atoms with van der Waals surface area (Å²) in [5, 5.41) is 0. The van der Waals surface area contributed by atoms with Crippen molar-refractivity contribution in [2.45, 2.75) is 27.2 Å². The summed E-state index contributed by atoms with van der Waals surface area (Å²) in [5.41, 5.74) is 3.45. The number of ether oxygens (including phenoxy) is 1. The molecule has 0 N–H and O–H groups in total. The molecule has 1 heteroatoms. The van der Waals surface area contributed by atoms with Crippen molar-refractivity contribution in [2.24, 2.45) is 5.92 Å². The summed E-state index contributed by atoms with van der Waals surface area (Å²) in [7, 11) is 1.73. The predicted octanol–water partition coefficient (Wildman–Crippen LogP) is 3.93. The second-order valence-electron chi connectivity index (χ2n) is 4.38. The van der Waals surface area contributed by atoms with Gasteiger partial charge in [-0.1, -0.05) is 38.6 Å². The van der Waals surface area contributed by atoms with Crippen molar-refractivity contribution < 1.29 is 4.74 Å². The van der Waals surface area contributed by atoms with E-state index in [9.17, 15) is 0 Å². The second kappa shape index (κ2) is 5.01. The van der Waals surface area contributed by atoms with Crippen LogP contribution in [0.15, 0.2) is 24.8 Å². The van der Waals surface area contributed by atoms with Gasteiger partial charge in [-0.15, -0.1) is 0 Å². The highest BCUT2D eigenvalue weighted by Gasteiger charge is 2.10. The molecule has 1 nitrogen and oxygen atoms in total. The Morgan fingerprint density at radius 3 is 2.53 bits per heavy atom. The van der Waals surface area contributed by atoms with Crippen LogP contribution in [-0.2, 0) is 6.42 Å². The Bertz CT molecular complexity index is 350. The molecule has 1 aromatic carbocycles. The Morgan fingerprint density at radius 2 is 2.07 bits per heavy atom. The van der Waals surface area contributed by atoms with Crippen molar-refractivity contribution in [1.29, 1.82) is 0 Å². The van der Waals surface area contributed by atoms with Crippen molar-refractivity contribution in [1.82, 2.24) is 0 Å². The number of methoxy groups -OCH3 is 1. The van der Waals surface area contributed by atoms with E-state index in [1.807, 2.05) is 6.92 Å². The second-order valence-corrected chi connectivity index (χ2v) is 4.38. The van der Waals surface area contributed by atoms with Gasteiger partial charge in [-0.2, -0.15) is 0 Å². The third-order valence-corrected chi connectivity index (χ3v) is 2.39. The standard InChI is InChI=1S/C14H20O/c1-10(2)9-12-7-6-8-13(11(3)4)14(12)15-5/h6-8,10H,3,9H2,1-2,4-5H3. The molecule has 15 heavy (non-hydrogen) atoms. The molecule has 0 aliphatic heterocycles. The predicted molar refractivity (Wildman–Crippen MR) is 66.2 cm³/mol. The molecule has 1 aromatic rings. The van der Waals surface area contributed by atoms with Crippen LogP contribution in [0.5, 0.6) is 5.75 Å². The first kappa shape index (κ1) is 11.8. The fraction of sp³-hybridized carbons (Fsp3) is 0.429. The lowest BCUT2D eigenvalue weighted by Gasteiger charge is -2.14. The van der Waals surface area contributed by atoms with Gasteiger partial charge in [-0.25, -0.2) is 0 Å². The van der Waals surface area contributed by atoms with Crippen molar-refractivity contribution >= 4 is 5.57 Å². The zero-order chi connectivity index (χ0) is 11.4. The molecule has 0 aliphatic rings. The van der Waals surface area contributed by atoms with E-state index in [1.165, 1.54) is 5.56 Å². The molecule has 1 rings (SSSR count). The van der Waals surface area contributed by atoms with Gasteiger partial charge in [0, 0.05) is 5.56 Å². The molecule has 0 aromatic heterocycles. The molecular weight excluding hydrogens is 184 g/mol. The van der Waals surface area contributed by atoms with Gasteiger partial charge in [0.2, 0.25) is 0 Å². The van der Waals surface area contributed by atoms with Crippen molar-refractivity contribution in [3.05, 3.63) is 35.9 Å². The average Bonchev–Trinajstić information content (AvgIpc) is 2.16. The molecule has 0 amide bonds. The lowest BCUT2D eigenvalue weighted by molar-refractivity contribution is 0.405. The summed E-state index contributed by atoms with van der Waals surface area (Å²) in [6.07, 6.45) is 1.05. The summed E-state index contributed by atoms with van der Waals surface area (Å²) < 4.78 is 5.48. The van der Waals surface area contributed by atoms with Gasteiger partial charge in [-0.05, 0) is 30.4 Å². The molecule has 0 unspecified atom stereocenters. The summed E-state index contributed by atoms with van der Waals surface area (Å²) in [6.45, 7) is 10.4. The van der Waals surface area contributed by atoms with Crippen LogP contribution in [0.1, 0.15) is 31.9 Å². The minimum atomic E-state index is 0.638. The van der Waals surface area contributed by atoms with Crippen LogP contribution in [0.25, 0.3) is 5.57 Å². The molecule has 0 atom stereocenters. The highest BCUT2D eigenvalue weighted by Crippen LogP contribution is 2.30. The van der Waals surface area contributed by atoms with Crippen LogP contribution in [0.3, 0.4) is 0 Å². The minimum Gasteiger partial charge on any atom is -0.496 e. The molecule has 0 radical (unpaired) electrons. The number of para-hydroxylation sites is 1. The van der Waals surface area contributed by atoms with E-state index in [2.05, 4.69) is 38.6 Å². The first-order chi connectivity index (χ1) is 7.06. The third-order valence-electron chi connectivity index (χ3n) is 2.39. The molecule has 0 bridgehead atoms. The summed E-state index contributed by atoms with van der Waals surface area (Å²) >= 11 is 0. The van der Waals surface area contributed by atoms with Crippen LogP contribution in [0, 0.1) is 5.92 Å². The Hall–Kier alpha value is -1.24. The fourth-order valence-electron chi connectivity index (χ4n) is 1.76. The van der Waals surface area contributed by atoms with Crippen LogP contribution in [0.2, 0.25) is 0 Å². The highest BCUT2D eigenvalue weighted by molar-refractivity contribution is 5.68. The maximum Gasteiger partial charge on any atom is 0.129 e. The average molecular weight is 204 g/mol. The zero-order valence-electron chi connectivity index (χ0n) is 10.1. The van der Waals surface area contributed by atoms with Crippen LogP contribution >= 0.6 is 0 Å². The number of allylic oxidation sites excluding steroid dienone is 1. The molecule has 0 heterocycles. The summed E-state index contributed by atoms with van der Waals surface area (Å²) in [4.78, 5) is 0. The van der Waals surface area contributed by atoms with Gasteiger partial charge in [0.15, 0.2) is 0 Å².